The molecule has 4 rings (SSSR count). The van der Waals surface area contributed by atoms with Gasteiger partial charge in [0.05, 0.1) is 20.3 Å². The summed E-state index contributed by atoms with van der Waals surface area (Å²) < 4.78 is 10.6. The minimum absolute atomic E-state index is 0.0591. The fourth-order valence-corrected chi connectivity index (χ4v) is 3.39. The molecule has 1 N–H and O–H groups in total. The summed E-state index contributed by atoms with van der Waals surface area (Å²) in [5.74, 6) is 1.34. The summed E-state index contributed by atoms with van der Waals surface area (Å²) >= 11 is 0. The van der Waals surface area contributed by atoms with E-state index in [1.807, 2.05) is 66.7 Å². The van der Waals surface area contributed by atoms with E-state index in [0.29, 0.717) is 22.9 Å². The zero-order valence-electron chi connectivity index (χ0n) is 17.8. The van der Waals surface area contributed by atoms with Gasteiger partial charge in [-0.1, -0.05) is 60.7 Å². The van der Waals surface area contributed by atoms with Crippen LogP contribution in [0.15, 0.2) is 78.9 Å². The van der Waals surface area contributed by atoms with Crippen LogP contribution in [-0.4, -0.2) is 40.3 Å². The Kier molecular flexibility index (Phi) is 6.41. The molecule has 0 atom stereocenters. The van der Waals surface area contributed by atoms with Crippen molar-refractivity contribution in [1.29, 1.82) is 0 Å². The van der Waals surface area contributed by atoms with Crippen LogP contribution in [-0.2, 0) is 11.3 Å². The molecule has 8 nitrogen and oxygen atoms in total. The van der Waals surface area contributed by atoms with Gasteiger partial charge in [0.15, 0.2) is 11.5 Å². The number of nitrogens with one attached hydrogen (secondary N) is 1. The molecule has 0 spiro atoms. The number of nitrogens with zero attached hydrogens (tertiary/aromatic N) is 4. The molecule has 0 fully saturated rings. The Morgan fingerprint density at radius 2 is 1.53 bits per heavy atom. The van der Waals surface area contributed by atoms with Crippen LogP contribution in [0.25, 0.3) is 11.4 Å². The second-order valence-corrected chi connectivity index (χ2v) is 7.04. The number of hydrogen-bond acceptors (Lipinski definition) is 6. The molecule has 1 amide bonds. The summed E-state index contributed by atoms with van der Waals surface area (Å²) in [7, 11) is 3.13. The topological polar surface area (TPSA) is 91.2 Å². The van der Waals surface area contributed by atoms with Crippen molar-refractivity contribution in [3.63, 3.8) is 0 Å². The first-order valence-corrected chi connectivity index (χ1v) is 10.1. The van der Waals surface area contributed by atoms with E-state index in [1.54, 1.807) is 26.4 Å². The summed E-state index contributed by atoms with van der Waals surface area (Å²) in [5, 5.41) is 15.5. The molecule has 162 valence electrons. The smallest absolute Gasteiger partial charge is 0.244 e. The van der Waals surface area contributed by atoms with Crippen LogP contribution in [0.5, 0.6) is 11.5 Å². The zero-order chi connectivity index (χ0) is 22.3. The number of ether oxygens (including phenoxy) is 2. The largest absolute Gasteiger partial charge is 0.493 e. The first-order chi connectivity index (χ1) is 15.7. The van der Waals surface area contributed by atoms with Crippen molar-refractivity contribution in [2.45, 2.75) is 12.6 Å². The lowest BCUT2D eigenvalue weighted by atomic mass is 9.99. The minimum atomic E-state index is -0.279. The molecule has 3 aromatic carbocycles. The quantitative estimate of drug-likeness (QED) is 0.462. The van der Waals surface area contributed by atoms with Gasteiger partial charge in [-0.05, 0) is 34.5 Å². The summed E-state index contributed by atoms with van der Waals surface area (Å²) in [5.41, 5.74) is 2.69. The molecule has 8 heteroatoms. The van der Waals surface area contributed by atoms with Gasteiger partial charge in [0.1, 0.15) is 6.54 Å². The fraction of sp³-hybridized carbons (Fsp3) is 0.167. The molecule has 1 heterocycles. The van der Waals surface area contributed by atoms with E-state index in [-0.39, 0.29) is 18.5 Å². The highest BCUT2D eigenvalue weighted by molar-refractivity contribution is 5.76. The minimum Gasteiger partial charge on any atom is -0.493 e. The molecule has 0 saturated heterocycles. The van der Waals surface area contributed by atoms with Crippen LogP contribution < -0.4 is 14.8 Å². The summed E-state index contributed by atoms with van der Waals surface area (Å²) in [4.78, 5) is 14.1. The third-order valence-electron chi connectivity index (χ3n) is 4.95. The number of rotatable bonds is 8. The van der Waals surface area contributed by atoms with Crippen molar-refractivity contribution in [3.8, 4) is 22.9 Å². The van der Waals surface area contributed by atoms with E-state index in [9.17, 15) is 4.79 Å². The summed E-state index contributed by atoms with van der Waals surface area (Å²) in [6.07, 6.45) is 0. The predicted molar refractivity (Wildman–Crippen MR) is 119 cm³/mol. The summed E-state index contributed by atoms with van der Waals surface area (Å²) in [6, 6.07) is 24.7. The molecular formula is C24H23N5O3. The summed E-state index contributed by atoms with van der Waals surface area (Å²) in [6.45, 7) is -0.0591. The van der Waals surface area contributed by atoms with Gasteiger partial charge in [-0.3, -0.25) is 4.79 Å². The molecule has 0 radical (unpaired) electrons. The monoisotopic (exact) mass is 429 g/mol. The Labute approximate surface area is 185 Å². The zero-order valence-corrected chi connectivity index (χ0v) is 17.8. The van der Waals surface area contributed by atoms with Crippen molar-refractivity contribution in [1.82, 2.24) is 25.5 Å². The molecule has 32 heavy (non-hydrogen) atoms. The lowest BCUT2D eigenvalue weighted by Crippen LogP contribution is -2.32. The van der Waals surface area contributed by atoms with Crippen LogP contribution in [0.1, 0.15) is 17.2 Å². The van der Waals surface area contributed by atoms with Gasteiger partial charge >= 0.3 is 0 Å². The van der Waals surface area contributed by atoms with Crippen LogP contribution in [0.4, 0.5) is 0 Å². The Balaban J connectivity index is 1.50. The lowest BCUT2D eigenvalue weighted by molar-refractivity contribution is -0.122. The average molecular weight is 429 g/mol. The van der Waals surface area contributed by atoms with Crippen LogP contribution >= 0.6 is 0 Å². The van der Waals surface area contributed by atoms with E-state index in [2.05, 4.69) is 20.7 Å². The second kappa shape index (κ2) is 9.74. The third kappa shape index (κ3) is 4.75. The molecule has 1 aromatic heterocycles. The number of methoxy groups -OCH3 is 2. The molecule has 0 aliphatic carbocycles. The third-order valence-corrected chi connectivity index (χ3v) is 4.95. The Morgan fingerprint density at radius 1 is 0.906 bits per heavy atom. The molecule has 0 aliphatic rings. The van der Waals surface area contributed by atoms with Crippen molar-refractivity contribution in [2.75, 3.05) is 14.2 Å². The van der Waals surface area contributed by atoms with Crippen molar-refractivity contribution < 1.29 is 14.3 Å². The number of hydrogen-bond donors (Lipinski definition) is 1. The Hall–Kier alpha value is -4.20. The number of carbonyl (C=O) groups is 1. The van der Waals surface area contributed by atoms with Gasteiger partial charge in [-0.15, -0.1) is 10.2 Å². The number of benzene rings is 3. The van der Waals surface area contributed by atoms with Gasteiger partial charge in [0.2, 0.25) is 11.7 Å². The van der Waals surface area contributed by atoms with Crippen LogP contribution in [0, 0.1) is 0 Å². The molecular weight excluding hydrogens is 406 g/mol. The first kappa shape index (κ1) is 21.0. The van der Waals surface area contributed by atoms with E-state index in [4.69, 9.17) is 9.47 Å². The van der Waals surface area contributed by atoms with E-state index in [0.717, 1.165) is 11.1 Å². The first-order valence-electron chi connectivity index (χ1n) is 10.1. The maximum absolute atomic E-state index is 12.8. The van der Waals surface area contributed by atoms with E-state index in [1.165, 1.54) is 4.80 Å². The molecule has 0 aliphatic heterocycles. The van der Waals surface area contributed by atoms with Gasteiger partial charge in [0.25, 0.3) is 0 Å². The van der Waals surface area contributed by atoms with Crippen molar-refractivity contribution in [3.05, 3.63) is 90.0 Å². The van der Waals surface area contributed by atoms with Gasteiger partial charge < -0.3 is 14.8 Å². The molecule has 0 bridgehead atoms. The van der Waals surface area contributed by atoms with Crippen molar-refractivity contribution in [2.24, 2.45) is 0 Å². The lowest BCUT2D eigenvalue weighted by Gasteiger charge is -2.19. The Morgan fingerprint density at radius 3 is 2.12 bits per heavy atom. The van der Waals surface area contributed by atoms with E-state index < -0.39 is 0 Å². The maximum Gasteiger partial charge on any atom is 0.244 e. The number of amides is 1. The van der Waals surface area contributed by atoms with E-state index >= 15 is 0 Å². The number of aromatic nitrogens is 4. The van der Waals surface area contributed by atoms with Crippen molar-refractivity contribution >= 4 is 5.91 Å². The highest BCUT2D eigenvalue weighted by atomic mass is 16.5. The van der Waals surface area contributed by atoms with Crippen LogP contribution in [0.2, 0.25) is 0 Å². The number of carbonyl (C=O) groups excluding carboxylic acids is 1. The number of tetrazole rings is 1. The SMILES string of the molecule is COc1ccc(-c2nnn(CC(=O)NC(c3ccccc3)c3ccccc3)n2)cc1OC. The standard InChI is InChI=1S/C24H23N5O3/c1-31-20-14-13-19(15-21(20)32-2)24-26-28-29(27-24)16-22(30)25-23(17-9-5-3-6-10-17)18-11-7-4-8-12-18/h3-15,23H,16H2,1-2H3,(H,25,30). The highest BCUT2D eigenvalue weighted by Gasteiger charge is 2.18. The molecule has 0 saturated carbocycles. The predicted octanol–water partition coefficient (Wildman–Crippen LogP) is 3.26. The fourth-order valence-electron chi connectivity index (χ4n) is 3.39. The molecule has 4 aromatic rings. The molecule has 0 unspecified atom stereocenters. The van der Waals surface area contributed by atoms with Crippen LogP contribution in [0.3, 0.4) is 0 Å². The van der Waals surface area contributed by atoms with Gasteiger partial charge in [0, 0.05) is 5.56 Å². The van der Waals surface area contributed by atoms with Gasteiger partial charge in [-0.2, -0.15) is 4.80 Å². The maximum atomic E-state index is 12.8. The second-order valence-electron chi connectivity index (χ2n) is 7.04. The average Bonchev–Trinajstić information content (AvgIpc) is 3.31. The normalized spacial score (nSPS) is 10.7. The Bertz CT molecular complexity index is 1140. The highest BCUT2D eigenvalue weighted by Crippen LogP contribution is 2.30. The van der Waals surface area contributed by atoms with Gasteiger partial charge in [-0.25, -0.2) is 0 Å².